The highest BCUT2D eigenvalue weighted by Crippen LogP contribution is 2.66. The van der Waals surface area contributed by atoms with Gasteiger partial charge in [0, 0.05) is 0 Å². The third-order valence-electron chi connectivity index (χ3n) is 3.78. The predicted octanol–water partition coefficient (Wildman–Crippen LogP) is 1.16. The summed E-state index contributed by atoms with van der Waals surface area (Å²) in [5.74, 6) is 0. The van der Waals surface area contributed by atoms with Gasteiger partial charge in [0.25, 0.3) is 0 Å². The van der Waals surface area contributed by atoms with Crippen LogP contribution in [0.25, 0.3) is 11.2 Å². The second-order valence-electron chi connectivity index (χ2n) is 5.96. The van der Waals surface area contributed by atoms with Crippen molar-refractivity contribution in [1.29, 1.82) is 0 Å². The average Bonchev–Trinajstić information content (AvgIpc) is 3.16. The van der Waals surface area contributed by atoms with Crippen LogP contribution >= 0.6 is 23.5 Å². The lowest BCUT2D eigenvalue weighted by Gasteiger charge is -2.18. The molecule has 162 valence electrons. The molecule has 2 aromatic rings. The first kappa shape index (κ1) is 22.6. The second kappa shape index (κ2) is 8.22. The molecule has 15 nitrogen and oxygen atoms in total. The number of aryl methyl sites for hydroxylation is 1. The molecule has 0 radical (unpaired) electrons. The van der Waals surface area contributed by atoms with Crippen LogP contribution in [0.5, 0.6) is 0 Å². The van der Waals surface area contributed by atoms with Gasteiger partial charge in [0.2, 0.25) is 0 Å². The quantitative estimate of drug-likeness (QED) is 0.395. The first-order valence-electron chi connectivity index (χ1n) is 7.93. The molecule has 0 amide bonds. The van der Waals surface area contributed by atoms with E-state index in [-0.39, 0.29) is 0 Å². The van der Waals surface area contributed by atoms with E-state index in [2.05, 4.69) is 28.1 Å². The van der Waals surface area contributed by atoms with Gasteiger partial charge in [-0.3, -0.25) is 9.09 Å². The molecule has 2 unspecified atom stereocenters. The molecular weight excluding hydrogens is 457 g/mol. The van der Waals surface area contributed by atoms with Gasteiger partial charge < -0.3 is 24.3 Å². The number of hydrogen-bond donors (Lipinski definition) is 4. The molecule has 29 heavy (non-hydrogen) atoms. The van der Waals surface area contributed by atoms with Crippen LogP contribution in [0.15, 0.2) is 12.7 Å². The van der Waals surface area contributed by atoms with Crippen molar-refractivity contribution >= 4 is 34.6 Å². The largest absolute Gasteiger partial charge is 0.490 e. The zero-order chi connectivity index (χ0) is 21.4. The number of rotatable bonds is 8. The van der Waals surface area contributed by atoms with Crippen molar-refractivity contribution in [1.82, 2.24) is 19.5 Å². The number of hydrogen-bond acceptors (Lipinski definition) is 10. The molecular formula is C11H17N4O11P3. The van der Waals surface area contributed by atoms with Crippen LogP contribution in [-0.4, -0.2) is 51.8 Å². The summed E-state index contributed by atoms with van der Waals surface area (Å²) in [6, 6.07) is 0. The van der Waals surface area contributed by atoms with E-state index in [0.29, 0.717) is 29.7 Å². The first-order valence-corrected chi connectivity index (χ1v) is 12.5. The van der Waals surface area contributed by atoms with Crippen molar-refractivity contribution in [3.63, 3.8) is 0 Å². The van der Waals surface area contributed by atoms with Crippen LogP contribution in [0, 0.1) is 6.92 Å². The van der Waals surface area contributed by atoms with E-state index in [4.69, 9.17) is 19.4 Å². The average molecular weight is 474 g/mol. The maximum Gasteiger partial charge on any atom is 0.490 e. The molecule has 3 rings (SSSR count). The van der Waals surface area contributed by atoms with Crippen LogP contribution in [0.4, 0.5) is 0 Å². The molecule has 4 atom stereocenters. The molecule has 18 heteroatoms. The third-order valence-corrected chi connectivity index (χ3v) is 7.58. The summed E-state index contributed by atoms with van der Waals surface area (Å²) in [7, 11) is -16.2. The molecule has 4 N–H and O–H groups in total. The van der Waals surface area contributed by atoms with Crippen LogP contribution in [-0.2, 0) is 31.6 Å². The minimum Gasteiger partial charge on any atom is -0.352 e. The van der Waals surface area contributed by atoms with E-state index in [0.717, 1.165) is 0 Å². The SMILES string of the molecule is Cc1ncnc2c1ncn2[C@H]1CC[C@@H](COP(=O)(O)OP(=O)(O)OP(=O)(O)O)O1. The molecule has 1 fully saturated rings. The molecule has 0 saturated carbocycles. The molecule has 0 spiro atoms. The number of nitrogens with zero attached hydrogens (tertiary/aromatic N) is 4. The fourth-order valence-corrected chi connectivity index (χ4v) is 5.72. The Morgan fingerprint density at radius 2 is 1.83 bits per heavy atom. The Balaban J connectivity index is 1.58. The monoisotopic (exact) mass is 474 g/mol. The Labute approximate surface area is 163 Å². The van der Waals surface area contributed by atoms with Gasteiger partial charge in [-0.05, 0) is 19.8 Å². The summed E-state index contributed by atoms with van der Waals surface area (Å²) < 4.78 is 52.9. The highest BCUT2D eigenvalue weighted by Gasteiger charge is 2.41. The summed E-state index contributed by atoms with van der Waals surface area (Å²) in [6.07, 6.45) is 2.66. The Kier molecular flexibility index (Phi) is 6.40. The van der Waals surface area contributed by atoms with Crippen LogP contribution in [0.3, 0.4) is 0 Å². The maximum atomic E-state index is 11.8. The Morgan fingerprint density at radius 1 is 1.10 bits per heavy atom. The molecule has 2 aromatic heterocycles. The smallest absolute Gasteiger partial charge is 0.352 e. The Bertz CT molecular complexity index is 1040. The summed E-state index contributed by atoms with van der Waals surface area (Å²) in [5, 5.41) is 0. The van der Waals surface area contributed by atoms with Crippen molar-refractivity contribution in [2.75, 3.05) is 6.61 Å². The molecule has 0 aliphatic carbocycles. The summed E-state index contributed by atoms with van der Waals surface area (Å²) in [4.78, 5) is 48.0. The van der Waals surface area contributed by atoms with E-state index >= 15 is 0 Å². The van der Waals surface area contributed by atoms with Gasteiger partial charge in [-0.2, -0.15) is 8.62 Å². The second-order valence-corrected chi connectivity index (χ2v) is 10.4. The number of imidazole rings is 1. The zero-order valence-electron chi connectivity index (χ0n) is 14.7. The standard InChI is InChI=1S/C11H17N4O11P3/c1-7-10-11(13-5-12-7)15(6-14-10)9-3-2-8(24-9)4-23-28(19,20)26-29(21,22)25-27(16,17)18/h5-6,8-9H,2-4H2,1H3,(H,19,20)(H,21,22)(H2,16,17,18)/t8-,9+/m0/s1. The van der Waals surface area contributed by atoms with Gasteiger partial charge in [-0.25, -0.2) is 28.6 Å². The van der Waals surface area contributed by atoms with Gasteiger partial charge >= 0.3 is 23.5 Å². The van der Waals surface area contributed by atoms with E-state index in [9.17, 15) is 18.6 Å². The zero-order valence-corrected chi connectivity index (χ0v) is 17.4. The van der Waals surface area contributed by atoms with Crippen LogP contribution < -0.4 is 0 Å². The topological polar surface area (TPSA) is 213 Å². The van der Waals surface area contributed by atoms with Crippen molar-refractivity contribution in [3.8, 4) is 0 Å². The number of phosphoric ester groups is 1. The summed E-state index contributed by atoms with van der Waals surface area (Å²) in [6.45, 7) is 1.28. The minimum atomic E-state index is -5.55. The summed E-state index contributed by atoms with van der Waals surface area (Å²) >= 11 is 0. The fraction of sp³-hybridized carbons (Fsp3) is 0.545. The molecule has 1 aliphatic rings. The minimum absolute atomic E-state index is 0.407. The van der Waals surface area contributed by atoms with Gasteiger partial charge in [0.1, 0.15) is 18.1 Å². The van der Waals surface area contributed by atoms with E-state index < -0.39 is 42.4 Å². The first-order chi connectivity index (χ1) is 13.4. The van der Waals surface area contributed by atoms with Crippen molar-refractivity contribution in [2.45, 2.75) is 32.1 Å². The molecule has 3 heterocycles. The highest BCUT2D eigenvalue weighted by molar-refractivity contribution is 7.66. The van der Waals surface area contributed by atoms with Gasteiger partial charge in [0.05, 0.1) is 24.7 Å². The number of phosphoric acid groups is 3. The predicted molar refractivity (Wildman–Crippen MR) is 93.0 cm³/mol. The maximum absolute atomic E-state index is 11.8. The molecule has 1 aliphatic heterocycles. The lowest BCUT2D eigenvalue weighted by Crippen LogP contribution is -2.16. The number of fused-ring (bicyclic) bond motifs is 1. The lowest BCUT2D eigenvalue weighted by atomic mass is 10.2. The van der Waals surface area contributed by atoms with Gasteiger partial charge in [-0.15, -0.1) is 0 Å². The molecule has 0 aromatic carbocycles. The van der Waals surface area contributed by atoms with Crippen molar-refractivity contribution in [2.24, 2.45) is 0 Å². The molecule has 0 bridgehead atoms. The van der Waals surface area contributed by atoms with Crippen LogP contribution in [0.2, 0.25) is 0 Å². The van der Waals surface area contributed by atoms with Gasteiger partial charge in [-0.1, -0.05) is 0 Å². The third kappa shape index (κ3) is 5.97. The highest BCUT2D eigenvalue weighted by atomic mass is 31.3. The number of aromatic nitrogens is 4. The van der Waals surface area contributed by atoms with Crippen molar-refractivity contribution in [3.05, 3.63) is 18.3 Å². The van der Waals surface area contributed by atoms with E-state index in [1.165, 1.54) is 12.7 Å². The Morgan fingerprint density at radius 3 is 2.52 bits per heavy atom. The Hall–Kier alpha value is -1.08. The summed E-state index contributed by atoms with van der Waals surface area (Å²) in [5.41, 5.74) is 1.85. The van der Waals surface area contributed by atoms with Crippen molar-refractivity contribution < 1.29 is 51.2 Å². The number of ether oxygens (including phenoxy) is 1. The van der Waals surface area contributed by atoms with E-state index in [1.807, 2.05) is 0 Å². The normalized spacial score (nSPS) is 24.4. The molecule has 1 saturated heterocycles. The fourth-order valence-electron chi connectivity index (χ4n) is 2.67. The lowest BCUT2D eigenvalue weighted by molar-refractivity contribution is -0.0205. The van der Waals surface area contributed by atoms with Gasteiger partial charge in [0.15, 0.2) is 5.65 Å². The van der Waals surface area contributed by atoms with E-state index in [1.54, 1.807) is 11.5 Å². The van der Waals surface area contributed by atoms with Crippen LogP contribution in [0.1, 0.15) is 24.8 Å².